The molecule has 3 atom stereocenters. The van der Waals surface area contributed by atoms with Crippen LogP contribution in [0.2, 0.25) is 5.02 Å². The number of benzene rings is 1. The van der Waals surface area contributed by atoms with Crippen LogP contribution in [0.5, 0.6) is 0 Å². The van der Waals surface area contributed by atoms with Crippen molar-refractivity contribution in [3.8, 4) is 0 Å². The Morgan fingerprint density at radius 3 is 2.70 bits per heavy atom. The Hall–Kier alpha value is -1.85. The third-order valence-electron chi connectivity index (χ3n) is 6.43. The molecule has 1 N–H and O–H groups in total. The van der Waals surface area contributed by atoms with Crippen molar-refractivity contribution < 1.29 is 0 Å². The largest absolute Gasteiger partial charge is 0.359 e. The molecule has 1 aromatic heterocycles. The van der Waals surface area contributed by atoms with Gasteiger partial charge in [0.2, 0.25) is 5.95 Å². The lowest BCUT2D eigenvalue weighted by molar-refractivity contribution is 0.191. The van der Waals surface area contributed by atoms with Crippen LogP contribution in [-0.2, 0) is 13.5 Å². The van der Waals surface area contributed by atoms with Gasteiger partial charge in [0, 0.05) is 50.0 Å². The van der Waals surface area contributed by atoms with Crippen LogP contribution in [0.1, 0.15) is 29.2 Å². The van der Waals surface area contributed by atoms with Crippen molar-refractivity contribution in [2.45, 2.75) is 25.7 Å². The molecule has 5 nitrogen and oxygen atoms in total. The molecule has 0 bridgehead atoms. The fourth-order valence-electron chi connectivity index (χ4n) is 4.81. The van der Waals surface area contributed by atoms with E-state index < -0.39 is 0 Å². The number of aryl methyl sites for hydroxylation is 1. The molecule has 3 unspecified atom stereocenters. The van der Waals surface area contributed by atoms with E-state index in [2.05, 4.69) is 27.3 Å². The molecule has 0 amide bonds. The number of nitrogens with zero attached hydrogens (tertiary/aromatic N) is 3. The average Bonchev–Trinajstić information content (AvgIpc) is 2.96. The summed E-state index contributed by atoms with van der Waals surface area (Å²) in [7, 11) is 3.56. The first kappa shape index (κ1) is 18.5. The summed E-state index contributed by atoms with van der Waals surface area (Å²) >= 11 is 6.02. The van der Waals surface area contributed by atoms with E-state index in [0.29, 0.717) is 11.9 Å². The first-order chi connectivity index (χ1) is 13.0. The highest BCUT2D eigenvalue weighted by atomic mass is 35.5. The molecule has 1 saturated carbocycles. The molecular weight excluding hydrogens is 360 g/mol. The van der Waals surface area contributed by atoms with Gasteiger partial charge in [0.25, 0.3) is 5.56 Å². The van der Waals surface area contributed by atoms with Crippen molar-refractivity contribution in [1.29, 1.82) is 0 Å². The fraction of sp³-hybridized carbons (Fsp3) is 0.524. The molecule has 2 aliphatic rings. The third-order valence-corrected chi connectivity index (χ3v) is 6.68. The minimum Gasteiger partial charge on any atom is -0.359 e. The zero-order chi connectivity index (χ0) is 19.1. The zero-order valence-corrected chi connectivity index (χ0v) is 17.0. The van der Waals surface area contributed by atoms with E-state index in [1.807, 2.05) is 19.1 Å². The fourth-order valence-corrected chi connectivity index (χ4v) is 4.94. The highest BCUT2D eigenvalue weighted by Crippen LogP contribution is 2.51. The van der Waals surface area contributed by atoms with Crippen molar-refractivity contribution in [2.24, 2.45) is 18.9 Å². The van der Waals surface area contributed by atoms with Crippen LogP contribution in [0.4, 0.5) is 5.95 Å². The Balaban J connectivity index is 1.40. The summed E-state index contributed by atoms with van der Waals surface area (Å²) in [6, 6.07) is 8.34. The van der Waals surface area contributed by atoms with Crippen LogP contribution in [0.15, 0.2) is 29.1 Å². The van der Waals surface area contributed by atoms with Crippen LogP contribution in [-0.4, -0.2) is 41.1 Å². The SMILES string of the molecule is CNc1nc(C)c(CCN2CC3CC(c4ccc(Cl)cc4)C3C2)c(=O)n1C. The molecule has 27 heavy (non-hydrogen) atoms. The standard InChI is InChI=1S/C21H27ClN4O/c1-13-17(20(27)25(3)21(23-2)24-13)8-9-26-11-15-10-18(19(15)12-26)14-4-6-16(22)7-5-14/h4-7,15,18-19H,8-12H2,1-3H3,(H,23,24). The summed E-state index contributed by atoms with van der Waals surface area (Å²) in [5, 5.41) is 3.78. The van der Waals surface area contributed by atoms with Crippen molar-refractivity contribution in [3.63, 3.8) is 0 Å². The van der Waals surface area contributed by atoms with Crippen LogP contribution in [0.3, 0.4) is 0 Å². The smallest absolute Gasteiger partial charge is 0.258 e. The topological polar surface area (TPSA) is 50.2 Å². The molecule has 0 radical (unpaired) electrons. The summed E-state index contributed by atoms with van der Waals surface area (Å²) in [6.07, 6.45) is 2.03. The van der Waals surface area contributed by atoms with Gasteiger partial charge in [0.1, 0.15) is 0 Å². The molecule has 0 spiro atoms. The maximum Gasteiger partial charge on any atom is 0.258 e. The minimum atomic E-state index is 0.0630. The summed E-state index contributed by atoms with van der Waals surface area (Å²) in [5.74, 6) is 2.80. The molecule has 1 aliphatic carbocycles. The van der Waals surface area contributed by atoms with Crippen LogP contribution in [0, 0.1) is 18.8 Å². The number of fused-ring (bicyclic) bond motifs is 1. The second-order valence-electron chi connectivity index (χ2n) is 7.94. The van der Waals surface area contributed by atoms with E-state index in [-0.39, 0.29) is 5.56 Å². The van der Waals surface area contributed by atoms with E-state index in [1.165, 1.54) is 12.0 Å². The molecular formula is C21H27ClN4O. The van der Waals surface area contributed by atoms with Gasteiger partial charge in [-0.2, -0.15) is 0 Å². The quantitative estimate of drug-likeness (QED) is 0.858. The predicted octanol–water partition coefficient (Wildman–Crippen LogP) is 3.06. The summed E-state index contributed by atoms with van der Waals surface area (Å²) in [6.45, 7) is 5.13. The number of rotatable bonds is 5. The predicted molar refractivity (Wildman–Crippen MR) is 110 cm³/mol. The monoisotopic (exact) mass is 386 g/mol. The first-order valence-electron chi connectivity index (χ1n) is 9.70. The summed E-state index contributed by atoms with van der Waals surface area (Å²) in [4.78, 5) is 19.7. The minimum absolute atomic E-state index is 0.0630. The summed E-state index contributed by atoms with van der Waals surface area (Å²) < 4.78 is 1.60. The molecule has 4 rings (SSSR count). The Morgan fingerprint density at radius 2 is 2.00 bits per heavy atom. The lowest BCUT2D eigenvalue weighted by Gasteiger charge is -2.40. The Bertz CT molecular complexity index is 892. The first-order valence-corrected chi connectivity index (χ1v) is 10.1. The maximum atomic E-state index is 12.6. The van der Waals surface area contributed by atoms with E-state index in [4.69, 9.17) is 11.6 Å². The zero-order valence-electron chi connectivity index (χ0n) is 16.2. The number of anilines is 1. The molecule has 1 saturated heterocycles. The highest BCUT2D eigenvalue weighted by Gasteiger charge is 2.47. The maximum absolute atomic E-state index is 12.6. The Labute approximate surface area is 165 Å². The normalized spacial score (nSPS) is 24.5. The molecule has 1 aliphatic heterocycles. The van der Waals surface area contributed by atoms with Crippen molar-refractivity contribution in [2.75, 3.05) is 32.0 Å². The van der Waals surface area contributed by atoms with Gasteiger partial charge in [-0.3, -0.25) is 9.36 Å². The van der Waals surface area contributed by atoms with Gasteiger partial charge in [-0.25, -0.2) is 4.98 Å². The molecule has 6 heteroatoms. The third kappa shape index (κ3) is 3.39. The van der Waals surface area contributed by atoms with Gasteiger partial charge in [-0.1, -0.05) is 23.7 Å². The lowest BCUT2D eigenvalue weighted by Crippen LogP contribution is -2.33. The lowest BCUT2D eigenvalue weighted by atomic mass is 9.64. The molecule has 1 aromatic carbocycles. The number of aromatic nitrogens is 2. The van der Waals surface area contributed by atoms with E-state index in [9.17, 15) is 4.79 Å². The molecule has 2 aromatic rings. The van der Waals surface area contributed by atoms with E-state index in [0.717, 1.165) is 54.2 Å². The van der Waals surface area contributed by atoms with E-state index >= 15 is 0 Å². The second kappa shape index (κ2) is 7.28. The van der Waals surface area contributed by atoms with Gasteiger partial charge in [-0.15, -0.1) is 0 Å². The number of nitrogens with one attached hydrogen (secondary N) is 1. The van der Waals surface area contributed by atoms with Gasteiger partial charge in [0.15, 0.2) is 0 Å². The molecule has 144 valence electrons. The molecule has 2 fully saturated rings. The van der Waals surface area contributed by atoms with Crippen LogP contribution in [0.25, 0.3) is 0 Å². The van der Waals surface area contributed by atoms with Crippen LogP contribution < -0.4 is 10.9 Å². The average molecular weight is 387 g/mol. The number of likely N-dealkylation sites (tertiary alicyclic amines) is 1. The number of hydrogen-bond donors (Lipinski definition) is 1. The van der Waals surface area contributed by atoms with Gasteiger partial charge >= 0.3 is 0 Å². The summed E-state index contributed by atoms with van der Waals surface area (Å²) in [5.41, 5.74) is 3.15. The van der Waals surface area contributed by atoms with Crippen LogP contribution >= 0.6 is 11.6 Å². The Morgan fingerprint density at radius 1 is 1.26 bits per heavy atom. The van der Waals surface area contributed by atoms with Gasteiger partial charge < -0.3 is 10.2 Å². The highest BCUT2D eigenvalue weighted by molar-refractivity contribution is 6.30. The van der Waals surface area contributed by atoms with Crippen molar-refractivity contribution >= 4 is 17.5 Å². The number of halogens is 1. The van der Waals surface area contributed by atoms with Gasteiger partial charge in [0.05, 0.1) is 0 Å². The van der Waals surface area contributed by atoms with Crippen molar-refractivity contribution in [1.82, 2.24) is 14.5 Å². The number of hydrogen-bond acceptors (Lipinski definition) is 4. The Kier molecular flexibility index (Phi) is 4.99. The molecule has 2 heterocycles. The van der Waals surface area contributed by atoms with E-state index in [1.54, 1.807) is 18.7 Å². The van der Waals surface area contributed by atoms with Gasteiger partial charge in [-0.05, 0) is 55.2 Å². The second-order valence-corrected chi connectivity index (χ2v) is 8.38. The van der Waals surface area contributed by atoms with Crippen molar-refractivity contribution in [3.05, 3.63) is 56.5 Å².